The van der Waals surface area contributed by atoms with Crippen LogP contribution in [0.15, 0.2) is 24.4 Å². The zero-order valence-corrected chi connectivity index (χ0v) is 12.3. The van der Waals surface area contributed by atoms with Crippen molar-refractivity contribution in [2.75, 3.05) is 26.7 Å². The summed E-state index contributed by atoms with van der Waals surface area (Å²) in [5, 5.41) is 0. The van der Waals surface area contributed by atoms with Gasteiger partial charge < -0.3 is 10.6 Å². The van der Waals surface area contributed by atoms with Crippen LogP contribution in [-0.4, -0.2) is 53.4 Å². The molecule has 2 N–H and O–H groups in total. The number of pyridine rings is 1. The van der Waals surface area contributed by atoms with E-state index in [2.05, 4.69) is 16.8 Å². The lowest BCUT2D eigenvalue weighted by molar-refractivity contribution is -0.130. The standard InChI is InChI=1S/C15H24N4O/c1-3-12(16)15(13-7-4-5-8-17-13)19-10-6-9-18(2)14(20)11-19/h4-5,7-8,12,15H,3,6,9-11,16H2,1-2H3. The number of carbonyl (C=O) groups is 1. The molecule has 1 aromatic heterocycles. The number of nitrogens with two attached hydrogens (primary N) is 1. The molecule has 1 aliphatic heterocycles. The molecular weight excluding hydrogens is 252 g/mol. The fraction of sp³-hybridized carbons (Fsp3) is 0.600. The van der Waals surface area contributed by atoms with Crippen molar-refractivity contribution in [3.05, 3.63) is 30.1 Å². The molecule has 2 rings (SSSR count). The van der Waals surface area contributed by atoms with Crippen LogP contribution in [0.4, 0.5) is 0 Å². The molecule has 5 heteroatoms. The van der Waals surface area contributed by atoms with Crippen LogP contribution in [0.5, 0.6) is 0 Å². The summed E-state index contributed by atoms with van der Waals surface area (Å²) in [6, 6.07) is 5.88. The summed E-state index contributed by atoms with van der Waals surface area (Å²) in [6.45, 7) is 4.19. The minimum atomic E-state index is -0.0129. The van der Waals surface area contributed by atoms with Gasteiger partial charge in [-0.15, -0.1) is 0 Å². The van der Waals surface area contributed by atoms with E-state index < -0.39 is 0 Å². The fourth-order valence-corrected chi connectivity index (χ4v) is 2.70. The number of likely N-dealkylation sites (N-methyl/N-ethyl adjacent to an activating group) is 1. The molecule has 1 saturated heterocycles. The van der Waals surface area contributed by atoms with Crippen LogP contribution in [-0.2, 0) is 4.79 Å². The monoisotopic (exact) mass is 276 g/mol. The smallest absolute Gasteiger partial charge is 0.236 e. The van der Waals surface area contributed by atoms with Gasteiger partial charge in [0.1, 0.15) is 0 Å². The first-order chi connectivity index (χ1) is 9.63. The molecule has 0 saturated carbocycles. The maximum atomic E-state index is 12.1. The molecule has 5 nitrogen and oxygen atoms in total. The zero-order chi connectivity index (χ0) is 14.5. The lowest BCUT2D eigenvalue weighted by Crippen LogP contribution is -2.44. The van der Waals surface area contributed by atoms with E-state index in [1.807, 2.05) is 25.2 Å². The third kappa shape index (κ3) is 3.35. The maximum Gasteiger partial charge on any atom is 0.236 e. The molecule has 20 heavy (non-hydrogen) atoms. The number of amides is 1. The van der Waals surface area contributed by atoms with Gasteiger partial charge in [0.25, 0.3) is 0 Å². The minimum absolute atomic E-state index is 0.0108. The molecule has 2 atom stereocenters. The van der Waals surface area contributed by atoms with E-state index in [9.17, 15) is 4.79 Å². The molecule has 2 unspecified atom stereocenters. The topological polar surface area (TPSA) is 62.5 Å². The molecular formula is C15H24N4O. The van der Waals surface area contributed by atoms with E-state index in [-0.39, 0.29) is 18.0 Å². The van der Waals surface area contributed by atoms with Gasteiger partial charge >= 0.3 is 0 Å². The fourth-order valence-electron chi connectivity index (χ4n) is 2.70. The van der Waals surface area contributed by atoms with Crippen LogP contribution >= 0.6 is 0 Å². The van der Waals surface area contributed by atoms with Gasteiger partial charge in [0.05, 0.1) is 18.3 Å². The van der Waals surface area contributed by atoms with E-state index in [1.165, 1.54) is 0 Å². The number of carbonyl (C=O) groups excluding carboxylic acids is 1. The summed E-state index contributed by atoms with van der Waals surface area (Å²) in [6.07, 6.45) is 3.63. The Morgan fingerprint density at radius 3 is 2.85 bits per heavy atom. The SMILES string of the molecule is CCC(N)C(c1ccccn1)N1CCCN(C)C(=O)C1. The van der Waals surface area contributed by atoms with Gasteiger partial charge in [0, 0.05) is 32.4 Å². The molecule has 0 bridgehead atoms. The first-order valence-corrected chi connectivity index (χ1v) is 7.28. The lowest BCUT2D eigenvalue weighted by atomic mass is 10.0. The van der Waals surface area contributed by atoms with Crippen LogP contribution in [0.1, 0.15) is 31.5 Å². The van der Waals surface area contributed by atoms with Gasteiger partial charge in [-0.1, -0.05) is 13.0 Å². The van der Waals surface area contributed by atoms with E-state index in [0.717, 1.165) is 31.6 Å². The highest BCUT2D eigenvalue weighted by molar-refractivity contribution is 5.78. The van der Waals surface area contributed by atoms with Crippen molar-refractivity contribution in [2.45, 2.75) is 31.8 Å². The first-order valence-electron chi connectivity index (χ1n) is 7.28. The van der Waals surface area contributed by atoms with Crippen molar-refractivity contribution < 1.29 is 4.79 Å². The number of hydrogen-bond donors (Lipinski definition) is 1. The molecule has 1 aromatic rings. The second-order valence-electron chi connectivity index (χ2n) is 5.41. The van der Waals surface area contributed by atoms with Crippen LogP contribution in [0.3, 0.4) is 0 Å². The van der Waals surface area contributed by atoms with Gasteiger partial charge in [0.2, 0.25) is 5.91 Å². The predicted octanol–water partition coefficient (Wildman–Crippen LogP) is 1.02. The van der Waals surface area contributed by atoms with Crippen LogP contribution in [0.2, 0.25) is 0 Å². The van der Waals surface area contributed by atoms with Gasteiger partial charge in [-0.25, -0.2) is 0 Å². The normalized spacial score (nSPS) is 20.6. The Labute approximate surface area is 120 Å². The Morgan fingerprint density at radius 1 is 1.40 bits per heavy atom. The highest BCUT2D eigenvalue weighted by Gasteiger charge is 2.30. The van der Waals surface area contributed by atoms with Crippen molar-refractivity contribution in [1.82, 2.24) is 14.8 Å². The predicted molar refractivity (Wildman–Crippen MR) is 79.1 cm³/mol. The average molecular weight is 276 g/mol. The zero-order valence-electron chi connectivity index (χ0n) is 12.3. The maximum absolute atomic E-state index is 12.1. The lowest BCUT2D eigenvalue weighted by Gasteiger charge is -2.33. The molecule has 0 aromatic carbocycles. The number of hydrogen-bond acceptors (Lipinski definition) is 4. The van der Waals surface area contributed by atoms with Gasteiger partial charge in [-0.3, -0.25) is 14.7 Å². The summed E-state index contributed by atoms with van der Waals surface area (Å²) in [5.74, 6) is 0.159. The Kier molecular flexibility index (Phi) is 5.09. The molecule has 2 heterocycles. The largest absolute Gasteiger partial charge is 0.345 e. The van der Waals surface area contributed by atoms with Crippen LogP contribution in [0, 0.1) is 0 Å². The molecule has 1 aliphatic rings. The molecule has 0 spiro atoms. The van der Waals surface area contributed by atoms with E-state index in [0.29, 0.717) is 6.54 Å². The third-order valence-electron chi connectivity index (χ3n) is 3.96. The van der Waals surface area contributed by atoms with Crippen molar-refractivity contribution in [3.8, 4) is 0 Å². The molecule has 1 amide bonds. The van der Waals surface area contributed by atoms with Crippen LogP contribution in [0.25, 0.3) is 0 Å². The number of rotatable bonds is 4. The van der Waals surface area contributed by atoms with Gasteiger partial charge in [-0.05, 0) is 25.0 Å². The highest BCUT2D eigenvalue weighted by Crippen LogP contribution is 2.24. The summed E-state index contributed by atoms with van der Waals surface area (Å²) < 4.78 is 0. The quantitative estimate of drug-likeness (QED) is 0.892. The summed E-state index contributed by atoms with van der Waals surface area (Å²) >= 11 is 0. The first kappa shape index (κ1) is 14.9. The number of aromatic nitrogens is 1. The Morgan fingerprint density at radius 2 is 2.20 bits per heavy atom. The van der Waals surface area contributed by atoms with E-state index in [1.54, 1.807) is 11.1 Å². The van der Waals surface area contributed by atoms with Crippen molar-refractivity contribution in [2.24, 2.45) is 5.73 Å². The average Bonchev–Trinajstić information content (AvgIpc) is 2.62. The van der Waals surface area contributed by atoms with Gasteiger partial charge in [-0.2, -0.15) is 0 Å². The Hall–Kier alpha value is -1.46. The Balaban J connectivity index is 2.24. The molecule has 0 radical (unpaired) electrons. The Bertz CT molecular complexity index is 437. The minimum Gasteiger partial charge on any atom is -0.345 e. The summed E-state index contributed by atoms with van der Waals surface area (Å²) in [5.41, 5.74) is 7.26. The highest BCUT2D eigenvalue weighted by atomic mass is 16.2. The third-order valence-corrected chi connectivity index (χ3v) is 3.96. The van der Waals surface area contributed by atoms with Crippen molar-refractivity contribution in [3.63, 3.8) is 0 Å². The molecule has 110 valence electrons. The second-order valence-corrected chi connectivity index (χ2v) is 5.41. The van der Waals surface area contributed by atoms with E-state index >= 15 is 0 Å². The summed E-state index contributed by atoms with van der Waals surface area (Å²) in [4.78, 5) is 20.5. The van der Waals surface area contributed by atoms with Gasteiger partial charge in [0.15, 0.2) is 0 Å². The summed E-state index contributed by atoms with van der Waals surface area (Å²) in [7, 11) is 1.86. The molecule has 0 aliphatic carbocycles. The molecule has 1 fully saturated rings. The van der Waals surface area contributed by atoms with Crippen molar-refractivity contribution >= 4 is 5.91 Å². The second kappa shape index (κ2) is 6.81. The van der Waals surface area contributed by atoms with Crippen LogP contribution < -0.4 is 5.73 Å². The van der Waals surface area contributed by atoms with E-state index in [4.69, 9.17) is 5.73 Å². The number of nitrogens with zero attached hydrogens (tertiary/aromatic N) is 3. The van der Waals surface area contributed by atoms with Crippen molar-refractivity contribution in [1.29, 1.82) is 0 Å².